The lowest BCUT2D eigenvalue weighted by atomic mass is 10.2. The molecule has 0 aliphatic rings. The second kappa shape index (κ2) is 4.69. The van der Waals surface area contributed by atoms with Crippen LogP contribution in [0.4, 0.5) is 11.4 Å². The number of nitrogens with one attached hydrogen (secondary N) is 1. The predicted octanol–water partition coefficient (Wildman–Crippen LogP) is 2.55. The maximum absolute atomic E-state index is 10.6. The third-order valence-electron chi connectivity index (χ3n) is 2.45. The van der Waals surface area contributed by atoms with Crippen LogP contribution in [0.5, 0.6) is 0 Å². The summed E-state index contributed by atoms with van der Waals surface area (Å²) in [5.74, 6) is 0. The van der Waals surface area contributed by atoms with Gasteiger partial charge in [0.1, 0.15) is 0 Å². The monoisotopic (exact) mass is 231 g/mol. The molecule has 2 rings (SSSR count). The summed E-state index contributed by atoms with van der Waals surface area (Å²) in [5, 5.41) is 13.8. The van der Waals surface area contributed by atoms with Gasteiger partial charge in [0.05, 0.1) is 4.92 Å². The van der Waals surface area contributed by atoms with Crippen molar-refractivity contribution in [3.05, 3.63) is 58.4 Å². The fourth-order valence-electron chi connectivity index (χ4n) is 1.60. The van der Waals surface area contributed by atoms with Gasteiger partial charge in [-0.1, -0.05) is 6.07 Å². The Bertz CT molecular complexity index is 534. The van der Waals surface area contributed by atoms with Crippen LogP contribution in [-0.4, -0.2) is 9.49 Å². The SMILES string of the molecule is Cn1ccc(CNc2cccc([N+](=O)[O-])c2)c1. The highest BCUT2D eigenvalue weighted by atomic mass is 16.6. The van der Waals surface area contributed by atoms with Crippen LogP contribution in [0.1, 0.15) is 5.56 Å². The summed E-state index contributed by atoms with van der Waals surface area (Å²) in [7, 11) is 1.96. The lowest BCUT2D eigenvalue weighted by Crippen LogP contribution is -1.99. The van der Waals surface area contributed by atoms with Crippen molar-refractivity contribution in [1.82, 2.24) is 4.57 Å². The molecule has 1 aromatic carbocycles. The molecule has 0 spiro atoms. The molecule has 0 radical (unpaired) electrons. The average molecular weight is 231 g/mol. The van der Waals surface area contributed by atoms with E-state index in [0.29, 0.717) is 6.54 Å². The molecule has 0 atom stereocenters. The minimum atomic E-state index is -0.395. The summed E-state index contributed by atoms with van der Waals surface area (Å²) in [6.07, 6.45) is 3.97. The van der Waals surface area contributed by atoms with Crippen molar-refractivity contribution in [1.29, 1.82) is 0 Å². The van der Waals surface area contributed by atoms with Crippen LogP contribution in [0.25, 0.3) is 0 Å². The molecule has 0 aliphatic heterocycles. The first-order valence-electron chi connectivity index (χ1n) is 5.24. The van der Waals surface area contributed by atoms with Crippen molar-refractivity contribution in [3.8, 4) is 0 Å². The fraction of sp³-hybridized carbons (Fsp3) is 0.167. The number of aryl methyl sites for hydroxylation is 1. The molecule has 1 aromatic heterocycles. The first-order chi connectivity index (χ1) is 8.15. The molecule has 0 saturated heterocycles. The van der Waals surface area contributed by atoms with Crippen LogP contribution in [0.15, 0.2) is 42.7 Å². The van der Waals surface area contributed by atoms with E-state index in [1.807, 2.05) is 36.1 Å². The predicted molar refractivity (Wildman–Crippen MR) is 65.8 cm³/mol. The van der Waals surface area contributed by atoms with Crippen molar-refractivity contribution in [2.45, 2.75) is 6.54 Å². The standard InChI is InChI=1S/C12H13N3O2/c1-14-6-5-10(9-14)8-13-11-3-2-4-12(7-11)15(16)17/h2-7,9,13H,8H2,1H3. The summed E-state index contributed by atoms with van der Waals surface area (Å²) >= 11 is 0. The number of anilines is 1. The van der Waals surface area contributed by atoms with E-state index >= 15 is 0 Å². The van der Waals surface area contributed by atoms with Crippen molar-refractivity contribution in [2.75, 3.05) is 5.32 Å². The molecule has 2 aromatic rings. The fourth-order valence-corrected chi connectivity index (χ4v) is 1.60. The van der Waals surface area contributed by atoms with E-state index in [2.05, 4.69) is 5.32 Å². The number of hydrogen-bond donors (Lipinski definition) is 1. The highest BCUT2D eigenvalue weighted by Crippen LogP contribution is 2.17. The first kappa shape index (κ1) is 11.2. The highest BCUT2D eigenvalue weighted by molar-refractivity contribution is 5.51. The molecule has 5 nitrogen and oxygen atoms in total. The molecule has 1 N–H and O–H groups in total. The summed E-state index contributed by atoms with van der Waals surface area (Å²) in [4.78, 5) is 10.2. The quantitative estimate of drug-likeness (QED) is 0.649. The summed E-state index contributed by atoms with van der Waals surface area (Å²) in [5.41, 5.74) is 1.99. The van der Waals surface area contributed by atoms with Gasteiger partial charge < -0.3 is 9.88 Å². The third-order valence-corrected chi connectivity index (χ3v) is 2.45. The Kier molecular flexibility index (Phi) is 3.09. The van der Waals surface area contributed by atoms with Crippen LogP contribution in [0.3, 0.4) is 0 Å². The lowest BCUT2D eigenvalue weighted by Gasteiger charge is -2.04. The number of nitro benzene ring substituents is 1. The summed E-state index contributed by atoms with van der Waals surface area (Å²) < 4.78 is 1.96. The molecule has 0 amide bonds. The van der Waals surface area contributed by atoms with Crippen LogP contribution >= 0.6 is 0 Å². The van der Waals surface area contributed by atoms with Gasteiger partial charge in [-0.15, -0.1) is 0 Å². The molecular formula is C12H13N3O2. The zero-order valence-electron chi connectivity index (χ0n) is 9.46. The molecule has 0 saturated carbocycles. The van der Waals surface area contributed by atoms with Gasteiger partial charge >= 0.3 is 0 Å². The van der Waals surface area contributed by atoms with E-state index in [1.165, 1.54) is 12.1 Å². The molecule has 0 bridgehead atoms. The Hall–Kier alpha value is -2.30. The smallest absolute Gasteiger partial charge is 0.271 e. The first-order valence-corrected chi connectivity index (χ1v) is 5.24. The maximum Gasteiger partial charge on any atom is 0.271 e. The van der Waals surface area contributed by atoms with Gasteiger partial charge in [-0.3, -0.25) is 10.1 Å². The molecule has 17 heavy (non-hydrogen) atoms. The van der Waals surface area contributed by atoms with Crippen LogP contribution in [-0.2, 0) is 13.6 Å². The van der Waals surface area contributed by atoms with Gasteiger partial charge in [0, 0.05) is 43.8 Å². The minimum Gasteiger partial charge on any atom is -0.381 e. The van der Waals surface area contributed by atoms with Gasteiger partial charge in [-0.25, -0.2) is 0 Å². The van der Waals surface area contributed by atoms with Gasteiger partial charge in [0.2, 0.25) is 0 Å². The lowest BCUT2D eigenvalue weighted by molar-refractivity contribution is -0.384. The van der Waals surface area contributed by atoms with Gasteiger partial charge in [-0.05, 0) is 17.7 Å². The van der Waals surface area contributed by atoms with Crippen molar-refractivity contribution < 1.29 is 4.92 Å². The van der Waals surface area contributed by atoms with Crippen molar-refractivity contribution in [2.24, 2.45) is 7.05 Å². The van der Waals surface area contributed by atoms with E-state index in [1.54, 1.807) is 6.07 Å². The zero-order valence-corrected chi connectivity index (χ0v) is 9.46. The summed E-state index contributed by atoms with van der Waals surface area (Å²) in [6, 6.07) is 8.50. The Morgan fingerprint density at radius 1 is 1.41 bits per heavy atom. The number of non-ortho nitro benzene ring substituents is 1. The van der Waals surface area contributed by atoms with E-state index in [0.717, 1.165) is 11.3 Å². The van der Waals surface area contributed by atoms with E-state index in [9.17, 15) is 10.1 Å². The zero-order chi connectivity index (χ0) is 12.3. The summed E-state index contributed by atoms with van der Waals surface area (Å²) in [6.45, 7) is 0.655. The number of nitro groups is 1. The van der Waals surface area contributed by atoms with Gasteiger partial charge in [0.15, 0.2) is 0 Å². The maximum atomic E-state index is 10.6. The molecule has 5 heteroatoms. The molecule has 88 valence electrons. The minimum absolute atomic E-state index is 0.100. The van der Waals surface area contributed by atoms with E-state index < -0.39 is 4.92 Å². The number of nitrogens with zero attached hydrogens (tertiary/aromatic N) is 2. The van der Waals surface area contributed by atoms with Crippen LogP contribution in [0, 0.1) is 10.1 Å². The third kappa shape index (κ3) is 2.84. The Morgan fingerprint density at radius 3 is 2.88 bits per heavy atom. The largest absolute Gasteiger partial charge is 0.381 e. The van der Waals surface area contributed by atoms with Crippen LogP contribution < -0.4 is 5.32 Å². The average Bonchev–Trinajstić information content (AvgIpc) is 2.73. The Labute approximate surface area is 98.8 Å². The highest BCUT2D eigenvalue weighted by Gasteiger charge is 2.05. The second-order valence-corrected chi connectivity index (χ2v) is 3.85. The second-order valence-electron chi connectivity index (χ2n) is 3.85. The Balaban J connectivity index is 2.04. The topological polar surface area (TPSA) is 60.1 Å². The van der Waals surface area contributed by atoms with Crippen molar-refractivity contribution >= 4 is 11.4 Å². The molecular weight excluding hydrogens is 218 g/mol. The number of rotatable bonds is 4. The van der Waals surface area contributed by atoms with Crippen molar-refractivity contribution in [3.63, 3.8) is 0 Å². The molecule has 0 fully saturated rings. The number of benzene rings is 1. The number of hydrogen-bond acceptors (Lipinski definition) is 3. The Morgan fingerprint density at radius 2 is 2.24 bits per heavy atom. The van der Waals surface area contributed by atoms with E-state index in [4.69, 9.17) is 0 Å². The molecule has 0 aliphatic carbocycles. The molecule has 0 unspecified atom stereocenters. The molecule has 1 heterocycles. The normalized spacial score (nSPS) is 10.2. The number of aromatic nitrogens is 1. The van der Waals surface area contributed by atoms with Crippen LogP contribution in [0.2, 0.25) is 0 Å². The van der Waals surface area contributed by atoms with Gasteiger partial charge in [-0.2, -0.15) is 0 Å². The van der Waals surface area contributed by atoms with Gasteiger partial charge in [0.25, 0.3) is 5.69 Å². The van der Waals surface area contributed by atoms with E-state index in [-0.39, 0.29) is 5.69 Å².